The van der Waals surface area contributed by atoms with Crippen LogP contribution in [0.15, 0.2) is 15.8 Å². The Morgan fingerprint density at radius 1 is 0.938 bits per heavy atom. The Morgan fingerprint density at radius 2 is 1.47 bits per heavy atom. The van der Waals surface area contributed by atoms with E-state index >= 15 is 0 Å². The molecule has 5 nitrogen and oxygen atoms in total. The summed E-state index contributed by atoms with van der Waals surface area (Å²) in [5.41, 5.74) is -0.498. The summed E-state index contributed by atoms with van der Waals surface area (Å²) in [7, 11) is 0. The van der Waals surface area contributed by atoms with E-state index in [1.807, 2.05) is 6.92 Å². The van der Waals surface area contributed by atoms with Gasteiger partial charge in [-0.25, -0.2) is 4.79 Å². The third-order valence-corrected chi connectivity index (χ3v) is 6.63. The fraction of sp³-hybridized carbons (Fsp3) is 0.692. The summed E-state index contributed by atoms with van der Waals surface area (Å²) in [5, 5.41) is 0. The molecule has 1 aromatic rings. The maximum absolute atomic E-state index is 12.2. The molecule has 3 aliphatic rings. The second kappa shape index (κ2) is 15.5. The summed E-state index contributed by atoms with van der Waals surface area (Å²) >= 11 is 0. The number of rotatable bonds is 1. The van der Waals surface area contributed by atoms with E-state index in [9.17, 15) is 9.59 Å². The fourth-order valence-electron chi connectivity index (χ4n) is 4.37. The Labute approximate surface area is 206 Å². The van der Waals surface area contributed by atoms with Crippen molar-refractivity contribution in [1.29, 1.82) is 0 Å². The molecule has 0 radical (unpaired) electrons. The van der Waals surface area contributed by atoms with Gasteiger partial charge < -0.3 is 19.6 Å². The van der Waals surface area contributed by atoms with E-state index in [1.165, 1.54) is 49.5 Å². The van der Waals surface area contributed by atoms with Gasteiger partial charge in [0, 0.05) is 18.0 Å². The number of nitrogens with one attached hydrogen (secondary N) is 1. The zero-order chi connectivity index (χ0) is 20.1. The second-order valence-electron chi connectivity index (χ2n) is 8.68. The molecule has 2 heterocycles. The zero-order valence-electron chi connectivity index (χ0n) is 19.9. The number of ether oxygens (including phenoxy) is 1. The number of aromatic amines is 1. The maximum atomic E-state index is 12.2. The molecule has 4 unspecified atom stereocenters. The molecule has 6 heteroatoms. The van der Waals surface area contributed by atoms with Crippen molar-refractivity contribution >= 4 is 0 Å². The molecule has 184 valence electrons. The predicted octanol–water partition coefficient (Wildman–Crippen LogP) is 5.75. The minimum absolute atomic E-state index is 0. The van der Waals surface area contributed by atoms with Gasteiger partial charge in [-0.3, -0.25) is 14.3 Å². The third-order valence-electron chi connectivity index (χ3n) is 6.63. The van der Waals surface area contributed by atoms with Gasteiger partial charge in [-0.2, -0.15) is 0 Å². The van der Waals surface area contributed by atoms with Gasteiger partial charge in [-0.15, -0.1) is 0 Å². The second-order valence-corrected chi connectivity index (χ2v) is 8.68. The van der Waals surface area contributed by atoms with Crippen molar-refractivity contribution in [3.63, 3.8) is 0 Å². The number of H-pyrrole nitrogens is 1. The molecule has 4 rings (SSSR count). The Kier molecular flexibility index (Phi) is 16.0. The molecule has 4 atom stereocenters. The maximum Gasteiger partial charge on any atom is 2.00 e. The van der Waals surface area contributed by atoms with Crippen LogP contribution >= 0.6 is 0 Å². The minimum atomic E-state index is -0.431. The number of hydrogen-bond donors (Lipinski definition) is 1. The van der Waals surface area contributed by atoms with E-state index in [2.05, 4.69) is 30.7 Å². The van der Waals surface area contributed by atoms with Gasteiger partial charge in [0.05, 0.1) is 6.10 Å². The quantitative estimate of drug-likeness (QED) is 0.311. The van der Waals surface area contributed by atoms with Gasteiger partial charge in [-0.05, 0) is 25.7 Å². The normalized spacial score (nSPS) is 26.1. The summed E-state index contributed by atoms with van der Waals surface area (Å²) in [6.07, 6.45) is 13.4. The molecule has 3 fully saturated rings. The molecular weight excluding hydrogens is 444 g/mol. The van der Waals surface area contributed by atoms with E-state index in [0.717, 1.165) is 12.8 Å². The molecule has 32 heavy (non-hydrogen) atoms. The summed E-state index contributed by atoms with van der Waals surface area (Å²) in [4.78, 5) is 26.6. The number of aromatic nitrogens is 2. The van der Waals surface area contributed by atoms with Gasteiger partial charge in [0.15, 0.2) is 0 Å². The van der Waals surface area contributed by atoms with Gasteiger partial charge in [0.25, 0.3) is 5.56 Å². The molecule has 1 saturated heterocycles. The first kappa shape index (κ1) is 32.9. The fourth-order valence-corrected chi connectivity index (χ4v) is 4.37. The Hall–Kier alpha value is -1.28. The molecule has 0 aromatic carbocycles. The topological polar surface area (TPSA) is 64.1 Å². The van der Waals surface area contributed by atoms with Crippen molar-refractivity contribution < 1.29 is 21.8 Å². The van der Waals surface area contributed by atoms with Crippen LogP contribution in [0.25, 0.3) is 0 Å². The Bertz CT molecular complexity index is 818. The van der Waals surface area contributed by atoms with Crippen LogP contribution in [0.3, 0.4) is 0 Å². The van der Waals surface area contributed by atoms with E-state index in [0.29, 0.717) is 17.4 Å². The number of nitrogens with zero attached hydrogens (tertiary/aromatic N) is 1. The summed E-state index contributed by atoms with van der Waals surface area (Å²) < 4.78 is 7.41. The van der Waals surface area contributed by atoms with Crippen molar-refractivity contribution in [2.24, 2.45) is 17.8 Å². The third kappa shape index (κ3) is 8.25. The minimum Gasteiger partial charge on any atom is -0.358 e. The van der Waals surface area contributed by atoms with E-state index < -0.39 is 11.2 Å². The number of hydrogen-bond acceptors (Lipinski definition) is 3. The monoisotopic (exact) mass is 488 g/mol. The van der Waals surface area contributed by atoms with Crippen LogP contribution in [0.5, 0.6) is 0 Å². The van der Waals surface area contributed by atoms with Crippen LogP contribution in [-0.4, -0.2) is 15.7 Å². The summed E-state index contributed by atoms with van der Waals surface area (Å²) in [6.45, 7) is 6.20. The van der Waals surface area contributed by atoms with Crippen molar-refractivity contribution in [3.8, 4) is 11.8 Å². The van der Waals surface area contributed by atoms with Gasteiger partial charge in [-0.1, -0.05) is 78.1 Å². The molecule has 1 aliphatic heterocycles. The van der Waals surface area contributed by atoms with Crippen LogP contribution in [0.4, 0.5) is 0 Å². The molecule has 2 saturated carbocycles. The standard InChI is InChI=1S/C18H24N2O3.C5H10.CH4.2CH3.Fe/c1-11-12(2)17(23-13(11)3)20-10-15(16(21)19-18(20)22)9-8-14-6-4-5-7-14;1-2-4-5-3-1;;;;/h10-14,17H,4-7H2,1-3H3,(H,19,21,22);1-5H2;1H4;2*1H3;/q;;;2*-1;+2. The van der Waals surface area contributed by atoms with Crippen molar-refractivity contribution in [3.05, 3.63) is 47.5 Å². The first-order chi connectivity index (χ1) is 13.5. The average Bonchev–Trinajstić information content (AvgIpc) is 3.43. The molecule has 1 N–H and O–H groups in total. The molecule has 1 aromatic heterocycles. The largest absolute Gasteiger partial charge is 2.00 e. The molecule has 0 amide bonds. The Morgan fingerprint density at radius 3 is 1.94 bits per heavy atom. The molecule has 2 aliphatic carbocycles. The smallest absolute Gasteiger partial charge is 0.358 e. The van der Waals surface area contributed by atoms with Crippen LogP contribution < -0.4 is 11.2 Å². The van der Waals surface area contributed by atoms with E-state index in [-0.39, 0.29) is 57.6 Å². The first-order valence-corrected chi connectivity index (χ1v) is 11.0. The van der Waals surface area contributed by atoms with Crippen LogP contribution in [0, 0.1) is 44.4 Å². The average molecular weight is 488 g/mol. The molecular formula is C26H44FeN2O3. The molecule has 0 spiro atoms. The van der Waals surface area contributed by atoms with Crippen LogP contribution in [0.1, 0.15) is 97.8 Å². The first-order valence-electron chi connectivity index (χ1n) is 11.0. The SMILES string of the molecule is C.C1CCCC1.CC1OC(n2cc(C#CC3CCCC3)c(=O)[nH]c2=O)C(C)C1C.[CH3-].[CH3-].[Fe+2]. The molecule has 0 bridgehead atoms. The summed E-state index contributed by atoms with van der Waals surface area (Å²) in [6, 6.07) is 0. The van der Waals surface area contributed by atoms with Gasteiger partial charge >= 0.3 is 22.8 Å². The van der Waals surface area contributed by atoms with Gasteiger partial charge in [0.1, 0.15) is 11.8 Å². The van der Waals surface area contributed by atoms with E-state index in [4.69, 9.17) is 4.74 Å². The summed E-state index contributed by atoms with van der Waals surface area (Å²) in [5.74, 6) is 7.08. The zero-order valence-corrected chi connectivity index (χ0v) is 21.0. The van der Waals surface area contributed by atoms with E-state index in [1.54, 1.807) is 6.20 Å². The van der Waals surface area contributed by atoms with Crippen molar-refractivity contribution in [2.75, 3.05) is 0 Å². The van der Waals surface area contributed by atoms with Crippen molar-refractivity contribution in [1.82, 2.24) is 9.55 Å². The van der Waals surface area contributed by atoms with Crippen molar-refractivity contribution in [2.45, 2.75) is 98.3 Å². The predicted molar refractivity (Wildman–Crippen MR) is 131 cm³/mol. The van der Waals surface area contributed by atoms with Crippen LogP contribution in [0.2, 0.25) is 0 Å². The Balaban J connectivity index is 0. The van der Waals surface area contributed by atoms with Gasteiger partial charge in [0.2, 0.25) is 0 Å². The van der Waals surface area contributed by atoms with Crippen LogP contribution in [-0.2, 0) is 21.8 Å².